The van der Waals surface area contributed by atoms with Crippen LogP contribution >= 0.6 is 23.1 Å². The van der Waals surface area contributed by atoms with E-state index in [1.54, 1.807) is 41.8 Å². The van der Waals surface area contributed by atoms with E-state index >= 15 is 0 Å². The third kappa shape index (κ3) is 3.56. The van der Waals surface area contributed by atoms with Crippen LogP contribution in [0.4, 0.5) is 13.2 Å². The third-order valence-electron chi connectivity index (χ3n) is 3.13. The molecule has 0 N–H and O–H groups in total. The highest BCUT2D eigenvalue weighted by atomic mass is 32.2. The first-order valence-electron chi connectivity index (χ1n) is 6.61. The Hall–Kier alpha value is -1.86. The van der Waals surface area contributed by atoms with Crippen molar-refractivity contribution >= 4 is 39.7 Å². The lowest BCUT2D eigenvalue weighted by atomic mass is 10.1. The average Bonchev–Trinajstić information content (AvgIpc) is 3.05. The van der Waals surface area contributed by atoms with Crippen LogP contribution in [-0.2, 0) is 6.18 Å². The molecule has 0 aliphatic rings. The molecule has 0 aliphatic carbocycles. The van der Waals surface area contributed by atoms with Gasteiger partial charge in [-0.3, -0.25) is 4.79 Å². The monoisotopic (exact) mass is 353 g/mol. The lowest BCUT2D eigenvalue weighted by molar-refractivity contribution is -0.141. The summed E-state index contributed by atoms with van der Waals surface area (Å²) in [6.07, 6.45) is -4.52. The Bertz CT molecular complexity index is 844. The first-order chi connectivity index (χ1) is 10.9. The Balaban J connectivity index is 1.94. The fourth-order valence-electron chi connectivity index (χ4n) is 2.06. The van der Waals surface area contributed by atoms with Crippen LogP contribution in [0, 0.1) is 0 Å². The minimum Gasteiger partial charge on any atom is -0.292 e. The maximum absolute atomic E-state index is 13.0. The average molecular weight is 353 g/mol. The molecule has 0 saturated heterocycles. The van der Waals surface area contributed by atoms with Gasteiger partial charge < -0.3 is 0 Å². The van der Waals surface area contributed by atoms with Crippen molar-refractivity contribution < 1.29 is 18.0 Å². The zero-order valence-electron chi connectivity index (χ0n) is 11.6. The first-order valence-corrected chi connectivity index (χ1v) is 8.48. The molecule has 2 aromatic heterocycles. The molecular weight excluding hydrogens is 343 g/mol. The van der Waals surface area contributed by atoms with Gasteiger partial charge in [-0.2, -0.15) is 13.2 Å². The number of benzene rings is 1. The van der Waals surface area contributed by atoms with Gasteiger partial charge in [0.25, 0.3) is 0 Å². The molecule has 3 aromatic rings. The highest BCUT2D eigenvalue weighted by molar-refractivity contribution is 8.00. The van der Waals surface area contributed by atoms with Crippen LogP contribution in [0.25, 0.3) is 10.8 Å². The number of fused-ring (bicyclic) bond motifs is 1. The molecule has 0 fully saturated rings. The van der Waals surface area contributed by atoms with Crippen molar-refractivity contribution in [3.8, 4) is 0 Å². The summed E-state index contributed by atoms with van der Waals surface area (Å²) in [5, 5.41) is 3.08. The topological polar surface area (TPSA) is 30.0 Å². The number of aromatic nitrogens is 1. The highest BCUT2D eigenvalue weighted by Gasteiger charge is 2.33. The number of carbonyl (C=O) groups is 1. The molecule has 0 spiro atoms. The van der Waals surface area contributed by atoms with Crippen LogP contribution in [0.1, 0.15) is 15.4 Å². The second-order valence-electron chi connectivity index (χ2n) is 4.72. The third-order valence-corrected chi connectivity index (χ3v) is 5.03. The van der Waals surface area contributed by atoms with Gasteiger partial charge in [-0.1, -0.05) is 42.1 Å². The van der Waals surface area contributed by atoms with Crippen molar-refractivity contribution in [1.82, 2.24) is 4.98 Å². The summed E-state index contributed by atoms with van der Waals surface area (Å²) in [5.74, 6) is -0.0629. The van der Waals surface area contributed by atoms with Crippen molar-refractivity contribution in [1.29, 1.82) is 0 Å². The van der Waals surface area contributed by atoms with E-state index in [1.807, 2.05) is 0 Å². The maximum atomic E-state index is 13.0. The molecule has 0 bridgehead atoms. The zero-order valence-corrected chi connectivity index (χ0v) is 13.3. The quantitative estimate of drug-likeness (QED) is 0.471. The molecule has 7 heteroatoms. The molecule has 23 heavy (non-hydrogen) atoms. The minimum atomic E-state index is -4.52. The van der Waals surface area contributed by atoms with E-state index in [0.29, 0.717) is 15.6 Å². The summed E-state index contributed by atoms with van der Waals surface area (Å²) in [5.41, 5.74) is -0.942. The Morgan fingerprint density at radius 1 is 1.17 bits per heavy atom. The van der Waals surface area contributed by atoms with Crippen LogP contribution in [0.5, 0.6) is 0 Å². The summed E-state index contributed by atoms with van der Waals surface area (Å²) >= 11 is 2.35. The van der Waals surface area contributed by atoms with Crippen LogP contribution in [0.2, 0.25) is 0 Å². The second-order valence-corrected chi connectivity index (χ2v) is 6.63. The SMILES string of the molecule is O=C(CSc1nc(C(F)(F)F)cc2ccccc12)c1cccs1. The molecule has 0 atom stereocenters. The van der Waals surface area contributed by atoms with E-state index in [1.165, 1.54) is 11.3 Å². The van der Waals surface area contributed by atoms with Crippen molar-refractivity contribution in [2.24, 2.45) is 0 Å². The number of alkyl halides is 3. The van der Waals surface area contributed by atoms with E-state index in [9.17, 15) is 18.0 Å². The van der Waals surface area contributed by atoms with Crippen LogP contribution in [0.3, 0.4) is 0 Å². The van der Waals surface area contributed by atoms with E-state index in [-0.39, 0.29) is 16.6 Å². The Morgan fingerprint density at radius 2 is 1.96 bits per heavy atom. The molecular formula is C16H10F3NOS2. The van der Waals surface area contributed by atoms with Gasteiger partial charge in [-0.15, -0.1) is 11.3 Å². The van der Waals surface area contributed by atoms with Gasteiger partial charge in [0.15, 0.2) is 5.78 Å². The Kier molecular flexibility index (Phi) is 4.41. The molecule has 1 aromatic carbocycles. The van der Waals surface area contributed by atoms with Gasteiger partial charge in [-0.25, -0.2) is 4.98 Å². The predicted molar refractivity (Wildman–Crippen MR) is 86.1 cm³/mol. The normalized spacial score (nSPS) is 11.8. The molecule has 0 amide bonds. The molecule has 2 nitrogen and oxygen atoms in total. The van der Waals surface area contributed by atoms with Crippen molar-refractivity contribution in [3.63, 3.8) is 0 Å². The smallest absolute Gasteiger partial charge is 0.292 e. The summed E-state index contributed by atoms with van der Waals surface area (Å²) in [6, 6.07) is 11.2. The summed E-state index contributed by atoms with van der Waals surface area (Å²) in [4.78, 5) is 16.3. The molecule has 2 heterocycles. The van der Waals surface area contributed by atoms with Crippen LogP contribution in [-0.4, -0.2) is 16.5 Å². The number of rotatable bonds is 4. The van der Waals surface area contributed by atoms with Gasteiger partial charge in [-0.05, 0) is 22.9 Å². The van der Waals surface area contributed by atoms with E-state index < -0.39 is 11.9 Å². The fraction of sp³-hybridized carbons (Fsp3) is 0.125. The first kappa shape index (κ1) is 16.0. The van der Waals surface area contributed by atoms with E-state index in [2.05, 4.69) is 4.98 Å². The number of pyridine rings is 1. The number of carbonyl (C=O) groups excluding carboxylic acids is 1. The molecule has 3 rings (SSSR count). The van der Waals surface area contributed by atoms with Crippen molar-refractivity contribution in [2.75, 3.05) is 5.75 Å². The Morgan fingerprint density at radius 3 is 2.65 bits per heavy atom. The number of Topliss-reactive ketones (excluding diaryl/α,β-unsaturated/α-hetero) is 1. The lowest BCUT2D eigenvalue weighted by Crippen LogP contribution is -2.09. The number of nitrogens with zero attached hydrogens (tertiary/aromatic N) is 1. The van der Waals surface area contributed by atoms with Gasteiger partial charge in [0.2, 0.25) is 0 Å². The fourth-order valence-corrected chi connectivity index (χ4v) is 3.75. The summed E-state index contributed by atoms with van der Waals surface area (Å²) in [6.45, 7) is 0. The molecule has 0 radical (unpaired) electrons. The molecule has 0 saturated carbocycles. The van der Waals surface area contributed by atoms with Crippen molar-refractivity contribution in [2.45, 2.75) is 11.2 Å². The van der Waals surface area contributed by atoms with Gasteiger partial charge in [0.1, 0.15) is 10.7 Å². The number of thioether (sulfide) groups is 1. The maximum Gasteiger partial charge on any atom is 0.433 e. The molecule has 0 unspecified atom stereocenters. The zero-order chi connectivity index (χ0) is 16.4. The summed E-state index contributed by atoms with van der Waals surface area (Å²) in [7, 11) is 0. The van der Waals surface area contributed by atoms with Crippen molar-refractivity contribution in [3.05, 3.63) is 58.4 Å². The number of hydrogen-bond acceptors (Lipinski definition) is 4. The number of hydrogen-bond donors (Lipinski definition) is 0. The second kappa shape index (κ2) is 6.33. The van der Waals surface area contributed by atoms with Gasteiger partial charge in [0, 0.05) is 5.39 Å². The molecule has 118 valence electrons. The van der Waals surface area contributed by atoms with E-state index in [0.717, 1.165) is 17.8 Å². The predicted octanol–water partition coefficient (Wildman–Crippen LogP) is 5.29. The van der Waals surface area contributed by atoms with Crippen LogP contribution < -0.4 is 0 Å². The minimum absolute atomic E-state index is 0.0544. The van der Waals surface area contributed by atoms with Gasteiger partial charge in [0.05, 0.1) is 10.6 Å². The standard InChI is InChI=1S/C16H10F3NOS2/c17-16(18,19)14-8-10-4-1-2-5-11(10)15(20-14)23-9-12(21)13-6-3-7-22-13/h1-8H,9H2. The summed E-state index contributed by atoms with van der Waals surface area (Å²) < 4.78 is 38.9. The van der Waals surface area contributed by atoms with Gasteiger partial charge >= 0.3 is 6.18 Å². The molecule has 0 aliphatic heterocycles. The lowest BCUT2D eigenvalue weighted by Gasteiger charge is -2.11. The van der Waals surface area contributed by atoms with Crippen LogP contribution in [0.15, 0.2) is 52.9 Å². The number of halogens is 3. The highest BCUT2D eigenvalue weighted by Crippen LogP contribution is 2.34. The number of thiophene rings is 1. The largest absolute Gasteiger partial charge is 0.433 e. The number of ketones is 1. The Labute approximate surface area is 138 Å². The van der Waals surface area contributed by atoms with E-state index in [4.69, 9.17) is 0 Å².